The molecular formula is C29H30F3N7O2S. The molecule has 0 bridgehead atoms. The van der Waals surface area contributed by atoms with Crippen LogP contribution in [0.25, 0.3) is 10.6 Å². The molecular weight excluding hydrogens is 567 g/mol. The minimum atomic E-state index is -4.76. The molecule has 5 rings (SSSR count). The molecule has 42 heavy (non-hydrogen) atoms. The zero-order chi connectivity index (χ0) is 29.7. The number of carbonyl (C=O) groups is 1. The van der Waals surface area contributed by atoms with Gasteiger partial charge in [-0.3, -0.25) is 9.69 Å². The third-order valence-electron chi connectivity index (χ3n) is 6.93. The second-order valence-electron chi connectivity index (χ2n) is 9.89. The fourth-order valence-electron chi connectivity index (χ4n) is 4.88. The van der Waals surface area contributed by atoms with Crippen molar-refractivity contribution < 1.29 is 22.7 Å². The number of anilines is 2. The molecule has 0 radical (unpaired) electrons. The van der Waals surface area contributed by atoms with E-state index >= 15 is 0 Å². The summed E-state index contributed by atoms with van der Waals surface area (Å²) < 4.78 is 50.3. The Labute approximate surface area is 245 Å². The number of nitrogens with one attached hydrogen (secondary N) is 2. The summed E-state index contributed by atoms with van der Waals surface area (Å²) in [5.74, 6) is -0.534. The molecule has 1 aliphatic heterocycles. The van der Waals surface area contributed by atoms with Crippen LogP contribution < -0.4 is 20.3 Å². The number of hydrogen-bond acceptors (Lipinski definition) is 9. The SMILES string of the molecule is CNC[C@H]1CN(c2c(NC(=O)Cc3csc(-c4ccnnc4)n3)ccc(Oc3ccccc3)c2C(F)(F)F)CCN1C. The molecule has 4 aromatic rings. The van der Waals surface area contributed by atoms with E-state index in [1.807, 2.05) is 14.1 Å². The molecule has 2 N–H and O–H groups in total. The monoisotopic (exact) mass is 597 g/mol. The number of amides is 1. The topological polar surface area (TPSA) is 95.5 Å². The lowest BCUT2D eigenvalue weighted by Gasteiger charge is -2.42. The van der Waals surface area contributed by atoms with Gasteiger partial charge in [0.15, 0.2) is 0 Å². The van der Waals surface area contributed by atoms with E-state index in [9.17, 15) is 18.0 Å². The van der Waals surface area contributed by atoms with Gasteiger partial charge in [0.2, 0.25) is 5.91 Å². The number of aromatic nitrogens is 3. The highest BCUT2D eigenvalue weighted by atomic mass is 32.1. The normalized spacial score (nSPS) is 15.9. The molecule has 1 aliphatic rings. The highest BCUT2D eigenvalue weighted by Crippen LogP contribution is 2.48. The summed E-state index contributed by atoms with van der Waals surface area (Å²) in [5.41, 5.74) is 0.284. The van der Waals surface area contributed by atoms with Crippen molar-refractivity contribution in [1.82, 2.24) is 25.4 Å². The van der Waals surface area contributed by atoms with Crippen molar-refractivity contribution in [2.24, 2.45) is 0 Å². The first-order chi connectivity index (χ1) is 20.2. The molecule has 2 aromatic carbocycles. The molecule has 9 nitrogen and oxygen atoms in total. The highest BCUT2D eigenvalue weighted by molar-refractivity contribution is 7.13. The van der Waals surface area contributed by atoms with Crippen molar-refractivity contribution >= 4 is 28.6 Å². The van der Waals surface area contributed by atoms with Gasteiger partial charge in [-0.2, -0.15) is 23.4 Å². The van der Waals surface area contributed by atoms with E-state index in [-0.39, 0.29) is 35.3 Å². The lowest BCUT2D eigenvalue weighted by atomic mass is 10.0. The Balaban J connectivity index is 1.49. The Hall–Kier alpha value is -4.07. The molecule has 1 atom stereocenters. The second kappa shape index (κ2) is 12.8. The average molecular weight is 598 g/mol. The number of thiazole rings is 1. The number of alkyl halides is 3. The van der Waals surface area contributed by atoms with Gasteiger partial charge in [0, 0.05) is 43.2 Å². The largest absolute Gasteiger partial charge is 0.457 e. The highest BCUT2D eigenvalue weighted by Gasteiger charge is 2.41. The van der Waals surface area contributed by atoms with Crippen LogP contribution in [0.4, 0.5) is 24.5 Å². The maximum absolute atomic E-state index is 14.9. The van der Waals surface area contributed by atoms with Gasteiger partial charge in [-0.05, 0) is 44.4 Å². The predicted octanol–water partition coefficient (Wildman–Crippen LogP) is 4.93. The summed E-state index contributed by atoms with van der Waals surface area (Å²) in [6.07, 6.45) is -1.74. The Morgan fingerprint density at radius 3 is 2.64 bits per heavy atom. The molecule has 0 spiro atoms. The first-order valence-corrected chi connectivity index (χ1v) is 14.2. The minimum Gasteiger partial charge on any atom is -0.457 e. The Morgan fingerprint density at radius 2 is 1.93 bits per heavy atom. The van der Waals surface area contributed by atoms with Gasteiger partial charge in [-0.15, -0.1) is 11.3 Å². The molecule has 0 unspecified atom stereocenters. The van der Waals surface area contributed by atoms with Gasteiger partial charge >= 0.3 is 6.18 Å². The Morgan fingerprint density at radius 1 is 1.12 bits per heavy atom. The Kier molecular flexibility index (Phi) is 9.00. The number of para-hydroxylation sites is 1. The zero-order valence-electron chi connectivity index (χ0n) is 23.1. The van der Waals surface area contributed by atoms with Gasteiger partial charge < -0.3 is 20.3 Å². The number of nitrogens with zero attached hydrogens (tertiary/aromatic N) is 5. The number of likely N-dealkylation sites (N-methyl/N-ethyl adjacent to an activating group) is 2. The number of rotatable bonds is 9. The van der Waals surface area contributed by atoms with E-state index in [0.717, 1.165) is 5.56 Å². The summed E-state index contributed by atoms with van der Waals surface area (Å²) in [5, 5.41) is 15.9. The van der Waals surface area contributed by atoms with Gasteiger partial charge in [-0.25, -0.2) is 4.98 Å². The smallest absolute Gasteiger partial charge is 0.422 e. The second-order valence-corrected chi connectivity index (χ2v) is 10.7. The number of benzene rings is 2. The minimum absolute atomic E-state index is 0.0387. The first kappa shape index (κ1) is 29.4. The van der Waals surface area contributed by atoms with Crippen LogP contribution in [0.3, 0.4) is 0 Å². The summed E-state index contributed by atoms with van der Waals surface area (Å²) in [7, 11) is 3.76. The van der Waals surface area contributed by atoms with Crippen molar-refractivity contribution in [2.45, 2.75) is 18.6 Å². The fraction of sp³-hybridized carbons (Fsp3) is 0.310. The van der Waals surface area contributed by atoms with Crippen molar-refractivity contribution in [3.8, 4) is 22.1 Å². The van der Waals surface area contributed by atoms with Crippen LogP contribution in [0.15, 0.2) is 66.3 Å². The predicted molar refractivity (Wildman–Crippen MR) is 156 cm³/mol. The van der Waals surface area contributed by atoms with E-state index in [0.29, 0.717) is 36.9 Å². The Bertz CT molecular complexity index is 1500. The lowest BCUT2D eigenvalue weighted by molar-refractivity contribution is -0.138. The summed E-state index contributed by atoms with van der Waals surface area (Å²) >= 11 is 1.35. The maximum atomic E-state index is 14.9. The molecule has 0 saturated carbocycles. The quantitative estimate of drug-likeness (QED) is 0.281. The molecule has 220 valence electrons. The van der Waals surface area contributed by atoms with Gasteiger partial charge in [-0.1, -0.05) is 18.2 Å². The molecule has 13 heteroatoms. The maximum Gasteiger partial charge on any atom is 0.422 e. The summed E-state index contributed by atoms with van der Waals surface area (Å²) in [6, 6.07) is 12.8. The standard InChI is InChI=1S/C29H30F3N7O2S/c1-33-16-21-17-39(13-12-38(21)2)27-23(8-9-24(26(27)29(30,31)32)41-22-6-4-3-5-7-22)37-25(40)14-20-18-42-28(36-20)19-10-11-34-35-15-19/h3-11,15,18,21,33H,12-14,16-17H2,1-2H3,(H,37,40)/t21-/m0/s1. The molecule has 3 heterocycles. The van der Waals surface area contributed by atoms with Crippen molar-refractivity contribution in [2.75, 3.05) is 50.5 Å². The van der Waals surface area contributed by atoms with E-state index in [1.165, 1.54) is 23.5 Å². The van der Waals surface area contributed by atoms with Crippen molar-refractivity contribution in [3.63, 3.8) is 0 Å². The van der Waals surface area contributed by atoms with E-state index < -0.39 is 17.6 Å². The molecule has 1 amide bonds. The fourth-order valence-corrected chi connectivity index (χ4v) is 5.69. The summed E-state index contributed by atoms with van der Waals surface area (Å²) in [6.45, 7) is 1.81. The number of piperazine rings is 1. The van der Waals surface area contributed by atoms with Crippen LogP contribution in [0.5, 0.6) is 11.5 Å². The first-order valence-electron chi connectivity index (χ1n) is 13.3. The average Bonchev–Trinajstić information content (AvgIpc) is 3.44. The number of ether oxygens (including phenoxy) is 1. The van der Waals surface area contributed by atoms with E-state index in [4.69, 9.17) is 4.74 Å². The molecule has 2 aromatic heterocycles. The van der Waals surface area contributed by atoms with Crippen molar-refractivity contribution in [1.29, 1.82) is 0 Å². The van der Waals surface area contributed by atoms with Gasteiger partial charge in [0.1, 0.15) is 22.1 Å². The number of carbonyl (C=O) groups excluding carboxylic acids is 1. The zero-order valence-corrected chi connectivity index (χ0v) is 23.9. The van der Waals surface area contributed by atoms with Crippen LogP contribution >= 0.6 is 11.3 Å². The van der Waals surface area contributed by atoms with Crippen LogP contribution in [-0.2, 0) is 17.4 Å². The van der Waals surface area contributed by atoms with Gasteiger partial charge in [0.05, 0.1) is 35.9 Å². The van der Waals surface area contributed by atoms with E-state index in [2.05, 4.69) is 30.7 Å². The lowest BCUT2D eigenvalue weighted by Crippen LogP contribution is -2.55. The number of halogens is 3. The van der Waals surface area contributed by atoms with Crippen LogP contribution in [0.1, 0.15) is 11.3 Å². The molecule has 0 aliphatic carbocycles. The summed E-state index contributed by atoms with van der Waals surface area (Å²) in [4.78, 5) is 21.5. The van der Waals surface area contributed by atoms with Crippen LogP contribution in [0, 0.1) is 0 Å². The van der Waals surface area contributed by atoms with Gasteiger partial charge in [0.25, 0.3) is 0 Å². The van der Waals surface area contributed by atoms with Crippen molar-refractivity contribution in [3.05, 3.63) is 77.6 Å². The molecule has 1 saturated heterocycles. The molecule has 1 fully saturated rings. The third kappa shape index (κ3) is 6.86. The van der Waals surface area contributed by atoms with E-state index in [1.54, 1.807) is 59.1 Å². The number of hydrogen-bond donors (Lipinski definition) is 2. The van der Waals surface area contributed by atoms with Crippen LogP contribution in [-0.4, -0.2) is 72.3 Å². The van der Waals surface area contributed by atoms with Crippen LogP contribution in [0.2, 0.25) is 0 Å². The third-order valence-corrected chi connectivity index (χ3v) is 7.87.